The van der Waals surface area contributed by atoms with Crippen LogP contribution in [0.15, 0.2) is 162 Å². The van der Waals surface area contributed by atoms with Gasteiger partial charge in [-0.25, -0.2) is 0 Å². The van der Waals surface area contributed by atoms with Crippen LogP contribution >= 0.6 is 0 Å². The van der Waals surface area contributed by atoms with E-state index in [1.807, 2.05) is 48.5 Å². The zero-order chi connectivity index (χ0) is 34.1. The van der Waals surface area contributed by atoms with Gasteiger partial charge in [0.05, 0.1) is 16.9 Å². The number of furan rings is 1. The number of fused-ring (bicyclic) bond motifs is 3. The second-order valence-corrected chi connectivity index (χ2v) is 11.2. The number of pyridine rings is 1. The van der Waals surface area contributed by atoms with Crippen molar-refractivity contribution in [1.82, 2.24) is 14.5 Å². The minimum Gasteiger partial charge on any atom is -0.557 e. The van der Waals surface area contributed by atoms with E-state index in [-0.39, 0.29) is 25.7 Å². The number of rotatable bonds is 4. The summed E-state index contributed by atoms with van der Waals surface area (Å²) < 4.78 is 29.8. The molecule has 0 fully saturated rings. The average molecular weight is 799 g/mol. The number of imidazole rings is 1. The molecule has 0 unspecified atom stereocenters. The fourth-order valence-corrected chi connectivity index (χ4v) is 5.82. The van der Waals surface area contributed by atoms with Gasteiger partial charge < -0.3 is 14.0 Å². The molecular weight excluding hydrogens is 767 g/mol. The van der Waals surface area contributed by atoms with Crippen molar-refractivity contribution in [2.45, 2.75) is 6.85 Å². The molecule has 1 radical (unpaired) electrons. The minimum absolute atomic E-state index is 0. The third-order valence-electron chi connectivity index (χ3n) is 8.15. The molecule has 233 valence electrons. The van der Waals surface area contributed by atoms with Crippen molar-refractivity contribution in [3.8, 4) is 39.5 Å². The Labute approximate surface area is 296 Å². The number of hydrogen-bond acceptors (Lipinski definition) is 3. The molecule has 5 heteroatoms. The maximum Gasteiger partial charge on any atom is 0.0774 e. The predicted molar refractivity (Wildman–Crippen MR) is 191 cm³/mol. The van der Waals surface area contributed by atoms with Crippen molar-refractivity contribution < 1.29 is 28.6 Å². The van der Waals surface area contributed by atoms with E-state index in [4.69, 9.17) is 13.5 Å². The van der Waals surface area contributed by atoms with Gasteiger partial charge in [0.1, 0.15) is 0 Å². The number of nitrogens with zero attached hydrogens (tertiary/aromatic N) is 3. The second kappa shape index (κ2) is 13.6. The van der Waals surface area contributed by atoms with Gasteiger partial charge in [-0.3, -0.25) is 4.98 Å². The standard InChI is InChI=1S/C31H19N2O.C12H10N.Ir/c1-2-8-21(9-3-1)22-14-16-25(17-15-22)33-29-13-7-6-12-28(29)32-31(33)27-20-34-30-19-24-11-5-4-10-23(24)18-26(27)30;1-10-7-8-12(13-9-10)11-5-3-2-4-6-11;/h1-19H;2-5,7-9H,1H3;/q2*-1;/i;1D3;. The smallest absolute Gasteiger partial charge is 0.0774 e. The Morgan fingerprint density at radius 1 is 0.708 bits per heavy atom. The zero-order valence-electron chi connectivity index (χ0n) is 28.6. The Bertz CT molecular complexity index is 2560. The summed E-state index contributed by atoms with van der Waals surface area (Å²) in [6.07, 6.45) is 4.55. The van der Waals surface area contributed by atoms with Crippen molar-refractivity contribution in [2.75, 3.05) is 0 Å². The van der Waals surface area contributed by atoms with E-state index < -0.39 is 6.85 Å². The van der Waals surface area contributed by atoms with Crippen molar-refractivity contribution in [1.29, 1.82) is 0 Å². The SMILES string of the molecule is [2H]C([2H])([2H])c1ccc(-c2[c-]cccc2)nc1.[Ir].[c-]1oc2cc3ccccc3cc2c1-c1nc2ccccc2n1-c1ccc(-c2ccccc2)cc1. The first-order valence-electron chi connectivity index (χ1n) is 16.8. The molecule has 3 heterocycles. The monoisotopic (exact) mass is 799 g/mol. The van der Waals surface area contributed by atoms with Gasteiger partial charge in [0.25, 0.3) is 0 Å². The summed E-state index contributed by atoms with van der Waals surface area (Å²) in [5, 5.41) is 3.33. The van der Waals surface area contributed by atoms with E-state index in [0.717, 1.165) is 55.7 Å². The normalized spacial score (nSPS) is 12.0. The van der Waals surface area contributed by atoms with Gasteiger partial charge in [-0.05, 0) is 64.3 Å². The summed E-state index contributed by atoms with van der Waals surface area (Å²) in [6.45, 7) is -2.09. The molecule has 48 heavy (non-hydrogen) atoms. The Hall–Kier alpha value is -5.61. The molecule has 0 amide bonds. The molecule has 0 saturated carbocycles. The minimum atomic E-state index is -2.09. The van der Waals surface area contributed by atoms with Crippen LogP contribution in [0.2, 0.25) is 0 Å². The van der Waals surface area contributed by atoms with Gasteiger partial charge in [-0.2, -0.15) is 0 Å². The first-order chi connectivity index (χ1) is 24.4. The molecule has 3 aromatic heterocycles. The maximum atomic E-state index is 7.23. The van der Waals surface area contributed by atoms with Crippen LogP contribution in [0.4, 0.5) is 0 Å². The quantitative estimate of drug-likeness (QED) is 0.167. The molecule has 6 aromatic carbocycles. The average Bonchev–Trinajstić information content (AvgIpc) is 3.76. The topological polar surface area (TPSA) is 43.9 Å². The molecule has 0 N–H and O–H groups in total. The Morgan fingerprint density at radius 2 is 1.44 bits per heavy atom. The van der Waals surface area contributed by atoms with E-state index in [9.17, 15) is 0 Å². The molecule has 0 bridgehead atoms. The van der Waals surface area contributed by atoms with Gasteiger partial charge >= 0.3 is 0 Å². The Morgan fingerprint density at radius 3 is 2.19 bits per heavy atom. The second-order valence-electron chi connectivity index (χ2n) is 11.2. The fourth-order valence-electron chi connectivity index (χ4n) is 5.82. The third kappa shape index (κ3) is 6.10. The van der Waals surface area contributed by atoms with Gasteiger partial charge in [0.2, 0.25) is 0 Å². The van der Waals surface area contributed by atoms with E-state index in [2.05, 4.69) is 107 Å². The summed E-state index contributed by atoms with van der Waals surface area (Å²) in [5.41, 5.74) is 8.94. The third-order valence-corrected chi connectivity index (χ3v) is 8.15. The van der Waals surface area contributed by atoms with Crippen LogP contribution in [0.1, 0.15) is 9.68 Å². The zero-order valence-corrected chi connectivity index (χ0v) is 28.0. The molecule has 0 spiro atoms. The number of para-hydroxylation sites is 2. The van der Waals surface area contributed by atoms with Crippen molar-refractivity contribution >= 4 is 32.8 Å². The van der Waals surface area contributed by atoms with E-state index in [0.29, 0.717) is 0 Å². The van der Waals surface area contributed by atoms with Crippen LogP contribution in [0.3, 0.4) is 0 Å². The van der Waals surface area contributed by atoms with Crippen molar-refractivity contribution in [3.05, 3.63) is 176 Å². The van der Waals surface area contributed by atoms with Crippen LogP contribution < -0.4 is 0 Å². The van der Waals surface area contributed by atoms with Crippen LogP contribution in [0, 0.1) is 19.2 Å². The van der Waals surface area contributed by atoms with Crippen LogP contribution in [-0.4, -0.2) is 14.5 Å². The maximum absolute atomic E-state index is 7.23. The van der Waals surface area contributed by atoms with Crippen LogP contribution in [0.5, 0.6) is 0 Å². The van der Waals surface area contributed by atoms with E-state index in [1.54, 1.807) is 18.2 Å². The molecule has 0 saturated heterocycles. The van der Waals surface area contributed by atoms with Gasteiger partial charge in [0, 0.05) is 47.9 Å². The fraction of sp³-hybridized carbons (Fsp3) is 0.0233. The Kier molecular flexibility index (Phi) is 7.81. The van der Waals surface area contributed by atoms with Crippen LogP contribution in [0.25, 0.3) is 72.2 Å². The number of aryl methyl sites for hydroxylation is 1. The van der Waals surface area contributed by atoms with E-state index >= 15 is 0 Å². The van der Waals surface area contributed by atoms with Gasteiger partial charge in [0.15, 0.2) is 0 Å². The number of hydrogen-bond donors (Lipinski definition) is 0. The molecule has 0 aliphatic heterocycles. The molecule has 4 nitrogen and oxygen atoms in total. The summed E-state index contributed by atoms with van der Waals surface area (Å²) >= 11 is 0. The molecule has 9 rings (SSSR count). The molecular formula is C43H29IrN3O-2. The summed E-state index contributed by atoms with van der Waals surface area (Å²) in [6, 6.07) is 53.6. The largest absolute Gasteiger partial charge is 0.557 e. The molecule has 0 atom stereocenters. The molecule has 9 aromatic rings. The summed E-state index contributed by atoms with van der Waals surface area (Å²) in [7, 11) is 0. The van der Waals surface area contributed by atoms with Crippen molar-refractivity contribution in [3.63, 3.8) is 0 Å². The summed E-state index contributed by atoms with van der Waals surface area (Å²) in [4.78, 5) is 9.14. The Balaban J connectivity index is 0.000000202. The van der Waals surface area contributed by atoms with E-state index in [1.165, 1.54) is 22.7 Å². The molecule has 0 aliphatic rings. The van der Waals surface area contributed by atoms with Gasteiger partial charge in [-0.15, -0.1) is 35.9 Å². The van der Waals surface area contributed by atoms with Crippen molar-refractivity contribution in [2.24, 2.45) is 0 Å². The first kappa shape index (κ1) is 27.5. The number of aromatic nitrogens is 3. The predicted octanol–water partition coefficient (Wildman–Crippen LogP) is 10.9. The first-order valence-corrected chi connectivity index (χ1v) is 15.3. The summed E-state index contributed by atoms with van der Waals surface area (Å²) in [5.74, 6) is 0.822. The number of benzene rings is 6. The van der Waals surface area contributed by atoms with Gasteiger partial charge in [-0.1, -0.05) is 114 Å². The molecule has 0 aliphatic carbocycles. The van der Waals surface area contributed by atoms with Crippen LogP contribution in [-0.2, 0) is 20.1 Å².